The molecule has 1 aliphatic rings. The Kier molecular flexibility index (Phi) is 7.33. The molecule has 0 bridgehead atoms. The molecule has 1 amide bonds. The molecule has 32 heavy (non-hydrogen) atoms. The van der Waals surface area contributed by atoms with E-state index < -0.39 is 28.3 Å². The van der Waals surface area contributed by atoms with Gasteiger partial charge in [0.25, 0.3) is 15.9 Å². The van der Waals surface area contributed by atoms with Gasteiger partial charge in [0, 0.05) is 5.71 Å². The number of para-hydroxylation sites is 1. The number of nitrogens with one attached hydrogen (secondary N) is 1. The van der Waals surface area contributed by atoms with Crippen molar-refractivity contribution >= 4 is 27.3 Å². The summed E-state index contributed by atoms with van der Waals surface area (Å²) in [6.07, 6.45) is 3.59. The Morgan fingerprint density at radius 2 is 1.66 bits per heavy atom. The molecule has 2 aromatic rings. The van der Waals surface area contributed by atoms with Crippen molar-refractivity contribution in [2.45, 2.75) is 51.3 Å². The van der Waals surface area contributed by atoms with Crippen LogP contribution in [0.2, 0.25) is 0 Å². The lowest BCUT2D eigenvalue weighted by molar-refractivity contribution is -0.119. The lowest BCUT2D eigenvalue weighted by Crippen LogP contribution is -2.40. The Bertz CT molecular complexity index is 1070. The quantitative estimate of drug-likeness (QED) is 0.635. The highest BCUT2D eigenvalue weighted by Gasteiger charge is 2.30. The third-order valence-corrected chi connectivity index (χ3v) is 7.64. The maximum absolute atomic E-state index is 14.5. The standard InChI is InChI=1S/C24H30FN3O3S/c1-24(2,3)18-13-15-19(16-14-18)26-27-23(29)17-28(22-12-8-7-11-21(22)25)32(30,31)20-9-5-4-6-10-20/h4-12,18H,13-17H2,1-3H3,(H,27,29). The van der Waals surface area contributed by atoms with Crippen LogP contribution in [-0.4, -0.2) is 26.6 Å². The van der Waals surface area contributed by atoms with Crippen LogP contribution in [0.1, 0.15) is 46.5 Å². The van der Waals surface area contributed by atoms with Gasteiger partial charge in [0.15, 0.2) is 0 Å². The van der Waals surface area contributed by atoms with Gasteiger partial charge in [0.05, 0.1) is 10.6 Å². The summed E-state index contributed by atoms with van der Waals surface area (Å²) in [5.74, 6) is -0.755. The summed E-state index contributed by atoms with van der Waals surface area (Å²) in [5.41, 5.74) is 3.41. The molecule has 8 heteroatoms. The highest BCUT2D eigenvalue weighted by molar-refractivity contribution is 7.92. The molecular weight excluding hydrogens is 429 g/mol. The number of carbonyl (C=O) groups excluding carboxylic acids is 1. The van der Waals surface area contributed by atoms with Gasteiger partial charge in [-0.1, -0.05) is 51.1 Å². The van der Waals surface area contributed by atoms with Gasteiger partial charge in [-0.3, -0.25) is 9.10 Å². The summed E-state index contributed by atoms with van der Waals surface area (Å²) in [6.45, 7) is 6.10. The molecule has 0 spiro atoms. The van der Waals surface area contributed by atoms with Crippen LogP contribution in [0.3, 0.4) is 0 Å². The fraction of sp³-hybridized carbons (Fsp3) is 0.417. The molecule has 2 aromatic carbocycles. The molecule has 1 aliphatic carbocycles. The van der Waals surface area contributed by atoms with Gasteiger partial charge < -0.3 is 0 Å². The van der Waals surface area contributed by atoms with Gasteiger partial charge in [-0.25, -0.2) is 18.2 Å². The van der Waals surface area contributed by atoms with Crippen molar-refractivity contribution in [3.05, 3.63) is 60.4 Å². The van der Waals surface area contributed by atoms with Crippen molar-refractivity contribution in [1.82, 2.24) is 5.43 Å². The third kappa shape index (κ3) is 5.73. The molecule has 0 unspecified atom stereocenters. The van der Waals surface area contributed by atoms with Gasteiger partial charge in [0.2, 0.25) is 0 Å². The Morgan fingerprint density at radius 3 is 2.25 bits per heavy atom. The zero-order valence-corrected chi connectivity index (χ0v) is 19.5. The van der Waals surface area contributed by atoms with Crippen LogP contribution in [0.5, 0.6) is 0 Å². The smallest absolute Gasteiger partial charge is 0.264 e. The van der Waals surface area contributed by atoms with Gasteiger partial charge in [-0.05, 0) is 61.3 Å². The van der Waals surface area contributed by atoms with Gasteiger partial charge >= 0.3 is 0 Å². The van der Waals surface area contributed by atoms with Crippen LogP contribution in [0.25, 0.3) is 0 Å². The largest absolute Gasteiger partial charge is 0.271 e. The maximum Gasteiger partial charge on any atom is 0.264 e. The molecule has 1 N–H and O–H groups in total. The number of hydrogen-bond donors (Lipinski definition) is 1. The van der Waals surface area contributed by atoms with Crippen LogP contribution in [0.15, 0.2) is 64.6 Å². The second-order valence-electron chi connectivity index (χ2n) is 9.13. The average Bonchev–Trinajstić information content (AvgIpc) is 2.77. The van der Waals surface area contributed by atoms with E-state index in [1.807, 2.05) is 0 Å². The summed E-state index contributed by atoms with van der Waals surface area (Å²) < 4.78 is 41.7. The van der Waals surface area contributed by atoms with Crippen molar-refractivity contribution in [3.63, 3.8) is 0 Å². The lowest BCUT2D eigenvalue weighted by Gasteiger charge is -2.34. The van der Waals surface area contributed by atoms with Crippen molar-refractivity contribution in [1.29, 1.82) is 0 Å². The molecule has 1 fully saturated rings. The highest BCUT2D eigenvalue weighted by atomic mass is 32.2. The van der Waals surface area contributed by atoms with E-state index >= 15 is 0 Å². The van der Waals surface area contributed by atoms with Gasteiger partial charge in [-0.15, -0.1) is 0 Å². The molecule has 172 valence electrons. The average molecular weight is 460 g/mol. The second kappa shape index (κ2) is 9.81. The summed E-state index contributed by atoms with van der Waals surface area (Å²) in [6, 6.07) is 13.1. The van der Waals surface area contributed by atoms with Crippen molar-refractivity contribution in [2.75, 3.05) is 10.8 Å². The number of halogens is 1. The van der Waals surface area contributed by atoms with E-state index in [0.717, 1.165) is 41.8 Å². The molecule has 0 atom stereocenters. The minimum Gasteiger partial charge on any atom is -0.271 e. The van der Waals surface area contributed by atoms with Crippen LogP contribution in [0.4, 0.5) is 10.1 Å². The minimum atomic E-state index is -4.15. The lowest BCUT2D eigenvalue weighted by atomic mass is 9.72. The fourth-order valence-corrected chi connectivity index (χ4v) is 5.36. The van der Waals surface area contributed by atoms with E-state index in [0.29, 0.717) is 5.92 Å². The monoisotopic (exact) mass is 459 g/mol. The molecule has 3 rings (SSSR count). The van der Waals surface area contributed by atoms with Gasteiger partial charge in [0.1, 0.15) is 12.4 Å². The fourth-order valence-electron chi connectivity index (χ4n) is 3.91. The zero-order valence-electron chi connectivity index (χ0n) is 18.7. The van der Waals surface area contributed by atoms with Crippen molar-refractivity contribution in [2.24, 2.45) is 16.4 Å². The highest BCUT2D eigenvalue weighted by Crippen LogP contribution is 2.36. The Labute approximate surface area is 189 Å². The molecule has 0 aromatic heterocycles. The number of carbonyl (C=O) groups is 1. The predicted octanol–water partition coefficient (Wildman–Crippen LogP) is 4.73. The summed E-state index contributed by atoms with van der Waals surface area (Å²) in [4.78, 5) is 12.6. The van der Waals surface area contributed by atoms with Crippen LogP contribution in [-0.2, 0) is 14.8 Å². The number of hydrogen-bond acceptors (Lipinski definition) is 4. The topological polar surface area (TPSA) is 78.8 Å². The first-order valence-electron chi connectivity index (χ1n) is 10.8. The summed E-state index contributed by atoms with van der Waals surface area (Å²) >= 11 is 0. The number of amides is 1. The number of nitrogens with zero attached hydrogens (tertiary/aromatic N) is 2. The first kappa shape index (κ1) is 23.9. The molecule has 0 radical (unpaired) electrons. The first-order valence-corrected chi connectivity index (χ1v) is 12.2. The van der Waals surface area contributed by atoms with E-state index in [9.17, 15) is 17.6 Å². The van der Waals surface area contributed by atoms with E-state index in [1.165, 1.54) is 30.3 Å². The molecule has 0 saturated heterocycles. The Morgan fingerprint density at radius 1 is 1.06 bits per heavy atom. The Balaban J connectivity index is 1.76. The van der Waals surface area contributed by atoms with Crippen LogP contribution in [0, 0.1) is 17.2 Å². The zero-order chi connectivity index (χ0) is 23.4. The molecular formula is C24H30FN3O3S. The van der Waals surface area contributed by atoms with E-state index in [-0.39, 0.29) is 16.0 Å². The summed E-state index contributed by atoms with van der Waals surface area (Å²) in [5, 5.41) is 4.23. The molecule has 1 saturated carbocycles. The maximum atomic E-state index is 14.5. The van der Waals surface area contributed by atoms with Crippen LogP contribution >= 0.6 is 0 Å². The number of rotatable bonds is 6. The third-order valence-electron chi connectivity index (χ3n) is 5.87. The first-order chi connectivity index (χ1) is 15.1. The van der Waals surface area contributed by atoms with E-state index in [4.69, 9.17) is 0 Å². The number of sulfonamides is 1. The van der Waals surface area contributed by atoms with E-state index in [2.05, 4.69) is 31.3 Å². The van der Waals surface area contributed by atoms with Gasteiger partial charge in [-0.2, -0.15) is 5.10 Å². The van der Waals surface area contributed by atoms with E-state index in [1.54, 1.807) is 18.2 Å². The predicted molar refractivity (Wildman–Crippen MR) is 124 cm³/mol. The normalized spacial score (nSPS) is 17.0. The molecule has 0 aliphatic heterocycles. The molecule has 6 nitrogen and oxygen atoms in total. The second-order valence-corrected chi connectivity index (χ2v) is 11.0. The van der Waals surface area contributed by atoms with Crippen molar-refractivity contribution < 1.29 is 17.6 Å². The molecule has 0 heterocycles. The van der Waals surface area contributed by atoms with Crippen molar-refractivity contribution in [3.8, 4) is 0 Å². The minimum absolute atomic E-state index is 0.0251. The number of hydrazone groups is 1. The number of benzene rings is 2. The number of anilines is 1. The SMILES string of the molecule is CC(C)(C)C1CCC(=NNC(=O)CN(c2ccccc2F)S(=O)(=O)c2ccccc2)CC1. The summed E-state index contributed by atoms with van der Waals surface area (Å²) in [7, 11) is -4.15. The Hall–Kier alpha value is -2.74. The van der Waals surface area contributed by atoms with Crippen LogP contribution < -0.4 is 9.73 Å².